The van der Waals surface area contributed by atoms with Gasteiger partial charge in [0, 0.05) is 18.4 Å². The van der Waals surface area contributed by atoms with E-state index in [-0.39, 0.29) is 12.1 Å². The molecule has 0 amide bonds. The number of allylic oxidation sites excluding steroid dienone is 1. The van der Waals surface area contributed by atoms with E-state index >= 15 is 0 Å². The van der Waals surface area contributed by atoms with E-state index in [0.29, 0.717) is 22.7 Å². The lowest BCUT2D eigenvalue weighted by Crippen LogP contribution is -2.39. The highest BCUT2D eigenvalue weighted by atomic mass is 16.5. The molecule has 156 valence electrons. The maximum absolute atomic E-state index is 13.3. The zero-order valence-corrected chi connectivity index (χ0v) is 18.1. The molecule has 0 saturated heterocycles. The van der Waals surface area contributed by atoms with E-state index in [2.05, 4.69) is 6.58 Å². The highest BCUT2D eigenvalue weighted by Gasteiger charge is 2.24. The van der Waals surface area contributed by atoms with Gasteiger partial charge in [-0.1, -0.05) is 18.2 Å². The number of hydrogen-bond acceptors (Lipinski definition) is 4. The first-order valence-electron chi connectivity index (χ1n) is 9.66. The maximum atomic E-state index is 13.3. The van der Waals surface area contributed by atoms with Crippen molar-refractivity contribution in [2.45, 2.75) is 34.2 Å². The van der Waals surface area contributed by atoms with Gasteiger partial charge < -0.3 is 4.74 Å². The predicted molar refractivity (Wildman–Crippen MR) is 117 cm³/mol. The lowest BCUT2D eigenvalue weighted by atomic mass is 10.2. The van der Waals surface area contributed by atoms with E-state index in [1.54, 1.807) is 21.1 Å². The van der Waals surface area contributed by atoms with Crippen LogP contribution in [0.3, 0.4) is 0 Å². The molecule has 0 radical (unpaired) electrons. The van der Waals surface area contributed by atoms with Crippen molar-refractivity contribution in [2.75, 3.05) is 7.11 Å². The molecule has 4 rings (SSSR count). The van der Waals surface area contributed by atoms with Crippen LogP contribution >= 0.6 is 0 Å². The average molecular weight is 407 g/mol. The number of ether oxygens (including phenoxy) is 1. The molecule has 0 N–H and O–H groups in total. The van der Waals surface area contributed by atoms with Crippen molar-refractivity contribution in [1.82, 2.24) is 23.1 Å². The molecular formula is C22H25N5O3. The minimum atomic E-state index is -0.412. The molecule has 1 aromatic carbocycles. The van der Waals surface area contributed by atoms with E-state index in [9.17, 15) is 9.59 Å². The number of imidazole rings is 2. The summed E-state index contributed by atoms with van der Waals surface area (Å²) in [4.78, 5) is 30.8. The summed E-state index contributed by atoms with van der Waals surface area (Å²) in [6, 6.07) is 5.91. The Labute approximate surface area is 173 Å². The average Bonchev–Trinajstić information content (AvgIpc) is 3.19. The van der Waals surface area contributed by atoms with Crippen LogP contribution in [-0.2, 0) is 13.6 Å². The van der Waals surface area contributed by atoms with Gasteiger partial charge in [-0.15, -0.1) is 0 Å². The van der Waals surface area contributed by atoms with Crippen molar-refractivity contribution in [3.05, 3.63) is 68.1 Å². The minimum Gasteiger partial charge on any atom is -0.495 e. The zero-order chi connectivity index (χ0) is 21.9. The van der Waals surface area contributed by atoms with Crippen molar-refractivity contribution >= 4 is 16.9 Å². The van der Waals surface area contributed by atoms with Crippen LogP contribution in [0.4, 0.5) is 0 Å². The molecule has 4 aromatic rings. The van der Waals surface area contributed by atoms with Gasteiger partial charge in [-0.2, -0.15) is 4.98 Å². The SMILES string of the molecule is C=C(C)Cn1c(=O)c2c(nc3n(-c4cc(C)ccc4OC)c(C)c(C)n23)n(C)c1=O. The summed E-state index contributed by atoms with van der Waals surface area (Å²) in [6.45, 7) is 11.7. The van der Waals surface area contributed by atoms with Crippen LogP contribution in [0.1, 0.15) is 23.9 Å². The summed E-state index contributed by atoms with van der Waals surface area (Å²) in [5.74, 6) is 1.26. The van der Waals surface area contributed by atoms with Crippen LogP contribution in [0, 0.1) is 20.8 Å². The summed E-state index contributed by atoms with van der Waals surface area (Å²) in [7, 11) is 3.25. The molecule has 0 aliphatic heterocycles. The van der Waals surface area contributed by atoms with E-state index in [4.69, 9.17) is 9.72 Å². The zero-order valence-electron chi connectivity index (χ0n) is 18.1. The van der Waals surface area contributed by atoms with Crippen LogP contribution in [0.2, 0.25) is 0 Å². The Kier molecular flexibility index (Phi) is 4.45. The molecule has 0 spiro atoms. The van der Waals surface area contributed by atoms with Crippen molar-refractivity contribution in [2.24, 2.45) is 7.05 Å². The third kappa shape index (κ3) is 2.63. The van der Waals surface area contributed by atoms with Crippen molar-refractivity contribution in [3.63, 3.8) is 0 Å². The van der Waals surface area contributed by atoms with Crippen molar-refractivity contribution in [1.29, 1.82) is 0 Å². The second-order valence-corrected chi connectivity index (χ2v) is 7.79. The molecular weight excluding hydrogens is 382 g/mol. The molecule has 0 unspecified atom stereocenters. The second kappa shape index (κ2) is 6.76. The van der Waals surface area contributed by atoms with E-state index in [0.717, 1.165) is 28.2 Å². The molecule has 3 aromatic heterocycles. The molecule has 0 fully saturated rings. The van der Waals surface area contributed by atoms with Gasteiger partial charge in [-0.3, -0.25) is 22.9 Å². The molecule has 8 heteroatoms. The predicted octanol–water partition coefficient (Wildman–Crippen LogP) is 2.65. The van der Waals surface area contributed by atoms with Gasteiger partial charge in [0.2, 0.25) is 5.78 Å². The fraction of sp³-hybridized carbons (Fsp3) is 0.318. The first kappa shape index (κ1) is 19.8. The van der Waals surface area contributed by atoms with Crippen LogP contribution < -0.4 is 16.0 Å². The van der Waals surface area contributed by atoms with E-state index in [1.807, 2.05) is 47.9 Å². The lowest BCUT2D eigenvalue weighted by Gasteiger charge is -2.12. The maximum Gasteiger partial charge on any atom is 0.332 e. The molecule has 0 bridgehead atoms. The summed E-state index contributed by atoms with van der Waals surface area (Å²) in [5.41, 5.74) is 4.37. The summed E-state index contributed by atoms with van der Waals surface area (Å²) >= 11 is 0. The molecule has 0 aliphatic carbocycles. The van der Waals surface area contributed by atoms with Gasteiger partial charge in [0.05, 0.1) is 19.3 Å². The first-order valence-corrected chi connectivity index (χ1v) is 9.66. The van der Waals surface area contributed by atoms with Crippen molar-refractivity contribution in [3.8, 4) is 11.4 Å². The Hall–Kier alpha value is -3.55. The van der Waals surface area contributed by atoms with Gasteiger partial charge in [-0.25, -0.2) is 4.79 Å². The van der Waals surface area contributed by atoms with Gasteiger partial charge >= 0.3 is 5.69 Å². The van der Waals surface area contributed by atoms with Crippen LogP contribution in [-0.4, -0.2) is 30.2 Å². The largest absolute Gasteiger partial charge is 0.495 e. The Balaban J connectivity index is 2.21. The van der Waals surface area contributed by atoms with Crippen molar-refractivity contribution < 1.29 is 4.74 Å². The topological polar surface area (TPSA) is 75.5 Å². The molecule has 0 saturated carbocycles. The number of rotatable bonds is 4. The fourth-order valence-corrected chi connectivity index (χ4v) is 3.92. The summed E-state index contributed by atoms with van der Waals surface area (Å²) < 4.78 is 12.0. The van der Waals surface area contributed by atoms with Gasteiger partial charge in [0.25, 0.3) is 5.56 Å². The van der Waals surface area contributed by atoms with Gasteiger partial charge in [0.15, 0.2) is 11.2 Å². The summed E-state index contributed by atoms with van der Waals surface area (Å²) in [5, 5.41) is 0. The molecule has 0 aliphatic rings. The quantitative estimate of drug-likeness (QED) is 0.488. The first-order chi connectivity index (χ1) is 14.2. The van der Waals surface area contributed by atoms with Gasteiger partial charge in [-0.05, 0) is 45.4 Å². The highest BCUT2D eigenvalue weighted by Crippen LogP contribution is 2.30. The number of benzene rings is 1. The number of nitrogens with zero attached hydrogens (tertiary/aromatic N) is 5. The second-order valence-electron chi connectivity index (χ2n) is 7.79. The van der Waals surface area contributed by atoms with E-state index in [1.165, 1.54) is 9.13 Å². The fourth-order valence-electron chi connectivity index (χ4n) is 3.92. The Morgan fingerprint density at radius 1 is 1.17 bits per heavy atom. The Bertz CT molecular complexity index is 1460. The third-order valence-corrected chi connectivity index (χ3v) is 5.52. The number of hydrogen-bond donors (Lipinski definition) is 0. The summed E-state index contributed by atoms with van der Waals surface area (Å²) in [6.07, 6.45) is 0. The Morgan fingerprint density at radius 3 is 2.50 bits per heavy atom. The van der Waals surface area contributed by atoms with Gasteiger partial charge in [0.1, 0.15) is 5.75 Å². The van der Waals surface area contributed by atoms with Crippen LogP contribution in [0.25, 0.3) is 22.6 Å². The normalized spacial score (nSPS) is 11.5. The Morgan fingerprint density at radius 2 is 1.87 bits per heavy atom. The third-order valence-electron chi connectivity index (χ3n) is 5.52. The smallest absolute Gasteiger partial charge is 0.332 e. The van der Waals surface area contributed by atoms with Crippen LogP contribution in [0.5, 0.6) is 5.75 Å². The lowest BCUT2D eigenvalue weighted by molar-refractivity contribution is 0.413. The highest BCUT2D eigenvalue weighted by molar-refractivity contribution is 5.77. The van der Waals surface area contributed by atoms with Crippen LogP contribution in [0.15, 0.2) is 39.9 Å². The number of aromatic nitrogens is 5. The number of aryl methyl sites for hydroxylation is 3. The standard InChI is InChI=1S/C22H25N5O3/c1-12(2)11-25-20(28)18-19(24(6)22(25)29)23-21-26(14(4)15(5)27(18)21)16-10-13(3)8-9-17(16)30-7/h8-10H,1,11H2,2-7H3. The molecule has 30 heavy (non-hydrogen) atoms. The minimum absolute atomic E-state index is 0.166. The van der Waals surface area contributed by atoms with E-state index < -0.39 is 5.69 Å². The number of methoxy groups -OCH3 is 1. The molecule has 8 nitrogen and oxygen atoms in total. The molecule has 0 atom stereocenters. The monoisotopic (exact) mass is 407 g/mol. The number of fused-ring (bicyclic) bond motifs is 3. The molecule has 3 heterocycles.